The second-order valence-corrected chi connectivity index (χ2v) is 6.26. The summed E-state index contributed by atoms with van der Waals surface area (Å²) in [6.07, 6.45) is 4.50. The summed E-state index contributed by atoms with van der Waals surface area (Å²) in [4.78, 5) is 0. The van der Waals surface area contributed by atoms with E-state index in [2.05, 4.69) is 55.6 Å². The predicted molar refractivity (Wildman–Crippen MR) is 104 cm³/mol. The highest BCUT2D eigenvalue weighted by Crippen LogP contribution is 2.32. The third kappa shape index (κ3) is 5.79. The minimum atomic E-state index is 0.334. The van der Waals surface area contributed by atoms with Crippen molar-refractivity contribution < 1.29 is 9.47 Å². The van der Waals surface area contributed by atoms with Crippen LogP contribution in [0.25, 0.3) is 0 Å². The highest BCUT2D eigenvalue weighted by atomic mass is 16.5. The molecule has 0 heterocycles. The molecule has 0 fully saturated rings. The fourth-order valence-electron chi connectivity index (χ4n) is 2.97. The van der Waals surface area contributed by atoms with Crippen molar-refractivity contribution in [3.8, 4) is 11.5 Å². The van der Waals surface area contributed by atoms with E-state index < -0.39 is 0 Å². The monoisotopic (exact) mass is 341 g/mol. The Morgan fingerprint density at radius 2 is 1.76 bits per heavy atom. The molecule has 2 aromatic carbocycles. The van der Waals surface area contributed by atoms with Crippen LogP contribution in [0.4, 0.5) is 0 Å². The molecule has 0 aliphatic carbocycles. The number of para-hydroxylation sites is 1. The van der Waals surface area contributed by atoms with Crippen molar-refractivity contribution in [2.24, 2.45) is 0 Å². The van der Waals surface area contributed by atoms with Gasteiger partial charge in [-0.1, -0.05) is 69.2 Å². The van der Waals surface area contributed by atoms with Gasteiger partial charge in [-0.3, -0.25) is 0 Å². The van der Waals surface area contributed by atoms with Crippen molar-refractivity contribution in [2.75, 3.05) is 13.7 Å². The maximum atomic E-state index is 6.07. The first-order valence-electron chi connectivity index (χ1n) is 9.37. The zero-order valence-electron chi connectivity index (χ0n) is 15.8. The van der Waals surface area contributed by atoms with E-state index in [-0.39, 0.29) is 0 Å². The molecule has 0 amide bonds. The molecule has 3 heteroatoms. The molecule has 2 aromatic rings. The average molecular weight is 341 g/mol. The molecule has 1 N–H and O–H groups in total. The molecular weight excluding hydrogens is 310 g/mol. The first-order chi connectivity index (χ1) is 12.3. The van der Waals surface area contributed by atoms with Crippen LogP contribution in [0, 0.1) is 0 Å². The van der Waals surface area contributed by atoms with E-state index in [9.17, 15) is 0 Å². The Hall–Kier alpha value is -2.00. The van der Waals surface area contributed by atoms with E-state index in [0.717, 1.165) is 43.1 Å². The maximum Gasteiger partial charge on any atom is 0.165 e. The lowest BCUT2D eigenvalue weighted by atomic mass is 10.0. The van der Waals surface area contributed by atoms with E-state index in [1.807, 2.05) is 12.1 Å². The molecule has 1 unspecified atom stereocenters. The number of ether oxygens (including phenoxy) is 2. The molecule has 2 rings (SSSR count). The van der Waals surface area contributed by atoms with E-state index in [1.165, 1.54) is 18.4 Å². The van der Waals surface area contributed by atoms with Crippen molar-refractivity contribution in [2.45, 2.75) is 52.1 Å². The summed E-state index contributed by atoms with van der Waals surface area (Å²) < 4.78 is 11.6. The summed E-state index contributed by atoms with van der Waals surface area (Å²) in [5.41, 5.74) is 2.46. The van der Waals surface area contributed by atoms with Gasteiger partial charge < -0.3 is 14.8 Å². The lowest BCUT2D eigenvalue weighted by molar-refractivity contribution is 0.282. The zero-order valence-corrected chi connectivity index (χ0v) is 15.8. The fraction of sp³-hybridized carbons (Fsp3) is 0.455. The maximum absolute atomic E-state index is 6.07. The minimum Gasteiger partial charge on any atom is -0.493 e. The van der Waals surface area contributed by atoms with Gasteiger partial charge in [-0.2, -0.15) is 0 Å². The molecule has 0 radical (unpaired) electrons. The standard InChI is InChI=1S/C22H31NO2/c1-4-6-10-16-25-22-19(14-11-15-21(22)24-3)17-23-20(5-2)18-12-8-7-9-13-18/h7-9,11-15,20,23H,4-6,10,16-17H2,1-3H3. The number of benzene rings is 2. The summed E-state index contributed by atoms with van der Waals surface area (Å²) >= 11 is 0. The molecule has 0 aliphatic heterocycles. The topological polar surface area (TPSA) is 30.5 Å². The molecular formula is C22H31NO2. The molecule has 0 aromatic heterocycles. The average Bonchev–Trinajstić information content (AvgIpc) is 2.67. The van der Waals surface area contributed by atoms with Crippen LogP contribution in [0.1, 0.15) is 56.7 Å². The van der Waals surface area contributed by atoms with Crippen LogP contribution in [0.15, 0.2) is 48.5 Å². The molecule has 0 saturated heterocycles. The second-order valence-electron chi connectivity index (χ2n) is 6.26. The number of nitrogens with one attached hydrogen (secondary N) is 1. The van der Waals surface area contributed by atoms with Crippen molar-refractivity contribution in [1.29, 1.82) is 0 Å². The lowest BCUT2D eigenvalue weighted by Crippen LogP contribution is -2.20. The van der Waals surface area contributed by atoms with Crippen LogP contribution in [0.5, 0.6) is 11.5 Å². The Labute approximate surface area is 152 Å². The molecule has 25 heavy (non-hydrogen) atoms. The van der Waals surface area contributed by atoms with Gasteiger partial charge in [0.25, 0.3) is 0 Å². The smallest absolute Gasteiger partial charge is 0.165 e. The van der Waals surface area contributed by atoms with Gasteiger partial charge >= 0.3 is 0 Å². The number of rotatable bonds is 11. The van der Waals surface area contributed by atoms with Crippen LogP contribution in [0.3, 0.4) is 0 Å². The summed E-state index contributed by atoms with van der Waals surface area (Å²) in [7, 11) is 1.70. The Morgan fingerprint density at radius 1 is 0.960 bits per heavy atom. The van der Waals surface area contributed by atoms with Crippen LogP contribution < -0.4 is 14.8 Å². The van der Waals surface area contributed by atoms with Gasteiger partial charge in [0.15, 0.2) is 11.5 Å². The highest BCUT2D eigenvalue weighted by molar-refractivity contribution is 5.46. The summed E-state index contributed by atoms with van der Waals surface area (Å²) in [5, 5.41) is 3.66. The molecule has 0 saturated carbocycles. The van der Waals surface area contributed by atoms with E-state index >= 15 is 0 Å². The summed E-state index contributed by atoms with van der Waals surface area (Å²) in [6, 6.07) is 17.0. The van der Waals surface area contributed by atoms with Crippen LogP contribution in [-0.4, -0.2) is 13.7 Å². The molecule has 0 bridgehead atoms. The second kappa shape index (κ2) is 10.8. The third-order valence-electron chi connectivity index (χ3n) is 4.42. The Balaban J connectivity index is 2.07. The van der Waals surface area contributed by atoms with Gasteiger partial charge in [-0.25, -0.2) is 0 Å². The van der Waals surface area contributed by atoms with Crippen LogP contribution in [0.2, 0.25) is 0 Å². The third-order valence-corrected chi connectivity index (χ3v) is 4.42. The first kappa shape index (κ1) is 19.3. The van der Waals surface area contributed by atoms with Crippen molar-refractivity contribution in [3.05, 3.63) is 59.7 Å². The van der Waals surface area contributed by atoms with Crippen LogP contribution in [-0.2, 0) is 6.54 Å². The van der Waals surface area contributed by atoms with Crippen molar-refractivity contribution >= 4 is 0 Å². The van der Waals surface area contributed by atoms with Gasteiger partial charge in [0.1, 0.15) is 0 Å². The van der Waals surface area contributed by atoms with Crippen LogP contribution >= 0.6 is 0 Å². The van der Waals surface area contributed by atoms with Gasteiger partial charge in [0.05, 0.1) is 13.7 Å². The van der Waals surface area contributed by atoms with E-state index in [4.69, 9.17) is 9.47 Å². The van der Waals surface area contributed by atoms with Crippen molar-refractivity contribution in [3.63, 3.8) is 0 Å². The fourth-order valence-corrected chi connectivity index (χ4v) is 2.97. The largest absolute Gasteiger partial charge is 0.493 e. The van der Waals surface area contributed by atoms with E-state index in [0.29, 0.717) is 6.04 Å². The molecule has 136 valence electrons. The van der Waals surface area contributed by atoms with E-state index in [1.54, 1.807) is 7.11 Å². The number of methoxy groups -OCH3 is 1. The first-order valence-corrected chi connectivity index (χ1v) is 9.37. The molecule has 0 spiro atoms. The molecule has 3 nitrogen and oxygen atoms in total. The van der Waals surface area contributed by atoms with Crippen molar-refractivity contribution in [1.82, 2.24) is 5.32 Å². The highest BCUT2D eigenvalue weighted by Gasteiger charge is 2.13. The van der Waals surface area contributed by atoms with Gasteiger partial charge in [-0.15, -0.1) is 0 Å². The lowest BCUT2D eigenvalue weighted by Gasteiger charge is -2.20. The zero-order chi connectivity index (χ0) is 17.9. The number of hydrogen-bond donors (Lipinski definition) is 1. The normalized spacial score (nSPS) is 12.0. The molecule has 1 atom stereocenters. The minimum absolute atomic E-state index is 0.334. The van der Waals surface area contributed by atoms with Gasteiger partial charge in [0.2, 0.25) is 0 Å². The SMILES string of the molecule is CCCCCOc1c(CNC(CC)c2ccccc2)cccc1OC. The number of hydrogen-bond acceptors (Lipinski definition) is 3. The Kier molecular flexibility index (Phi) is 8.33. The summed E-state index contributed by atoms with van der Waals surface area (Å²) in [5.74, 6) is 1.68. The Bertz CT molecular complexity index is 613. The quantitative estimate of drug-likeness (QED) is 0.547. The Morgan fingerprint density at radius 3 is 2.44 bits per heavy atom. The van der Waals surface area contributed by atoms with Gasteiger partial charge in [-0.05, 0) is 24.5 Å². The number of unbranched alkanes of at least 4 members (excludes halogenated alkanes) is 2. The summed E-state index contributed by atoms with van der Waals surface area (Å²) in [6.45, 7) is 5.90. The molecule has 0 aliphatic rings. The predicted octanol–water partition coefficient (Wildman–Crippen LogP) is 5.51. The van der Waals surface area contributed by atoms with Gasteiger partial charge in [0, 0.05) is 18.2 Å².